The number of primary sulfonamides is 1. The molecule has 1 aromatic rings. The van der Waals surface area contributed by atoms with Crippen molar-refractivity contribution in [2.45, 2.75) is 37.1 Å². The lowest BCUT2D eigenvalue weighted by molar-refractivity contribution is 0.0732. The quantitative estimate of drug-likeness (QED) is 0.289. The van der Waals surface area contributed by atoms with Crippen molar-refractivity contribution in [2.75, 3.05) is 27.3 Å². The molecule has 148 valence electrons. The first-order valence-corrected chi connectivity index (χ1v) is 9.98. The molecular formula is C17H29IN4O3S. The molecule has 0 bridgehead atoms. The largest absolute Gasteiger partial charge is 0.385 e. The van der Waals surface area contributed by atoms with Crippen molar-refractivity contribution in [2.24, 2.45) is 15.5 Å². The molecule has 0 heterocycles. The predicted molar refractivity (Wildman–Crippen MR) is 114 cm³/mol. The van der Waals surface area contributed by atoms with Crippen LogP contribution in [0.4, 0.5) is 0 Å². The standard InChI is InChI=1S/C17H28N4O3S.HI/c1-19-16(21-13-17(7-4-8-17)9-10-24-2)20-12-14-5-3-6-15(11-14)25(18,22)23;/h3,5-6,11H,4,7-10,12-13H2,1-2H3,(H2,18,22,23)(H2,19,20,21);1H. The third kappa shape index (κ3) is 6.67. The van der Waals surface area contributed by atoms with Gasteiger partial charge in [-0.2, -0.15) is 0 Å². The fraction of sp³-hybridized carbons (Fsp3) is 0.588. The highest BCUT2D eigenvalue weighted by Gasteiger charge is 2.36. The zero-order valence-electron chi connectivity index (χ0n) is 15.3. The van der Waals surface area contributed by atoms with Gasteiger partial charge in [-0.25, -0.2) is 13.6 Å². The van der Waals surface area contributed by atoms with Crippen LogP contribution in [0.2, 0.25) is 0 Å². The van der Waals surface area contributed by atoms with Crippen molar-refractivity contribution >= 4 is 40.0 Å². The summed E-state index contributed by atoms with van der Waals surface area (Å²) in [5.74, 6) is 0.699. The number of ether oxygens (including phenoxy) is 1. The van der Waals surface area contributed by atoms with Gasteiger partial charge in [0.25, 0.3) is 0 Å². The summed E-state index contributed by atoms with van der Waals surface area (Å²) in [6.45, 7) is 2.09. The summed E-state index contributed by atoms with van der Waals surface area (Å²) in [5.41, 5.74) is 1.12. The molecule has 1 aliphatic rings. The molecular weight excluding hydrogens is 467 g/mol. The minimum absolute atomic E-state index is 0. The number of guanidine groups is 1. The van der Waals surface area contributed by atoms with E-state index < -0.39 is 10.0 Å². The summed E-state index contributed by atoms with van der Waals surface area (Å²) in [4.78, 5) is 4.35. The van der Waals surface area contributed by atoms with E-state index in [1.165, 1.54) is 25.3 Å². The number of nitrogens with one attached hydrogen (secondary N) is 2. The Labute approximate surface area is 173 Å². The second kappa shape index (κ2) is 10.4. The van der Waals surface area contributed by atoms with Crippen LogP contribution in [-0.4, -0.2) is 41.7 Å². The average Bonchev–Trinajstić information content (AvgIpc) is 2.55. The van der Waals surface area contributed by atoms with Crippen LogP contribution in [0.15, 0.2) is 34.2 Å². The highest BCUT2D eigenvalue weighted by Crippen LogP contribution is 2.43. The van der Waals surface area contributed by atoms with Gasteiger partial charge >= 0.3 is 0 Å². The first kappa shape index (κ1) is 23.1. The maximum atomic E-state index is 11.4. The molecule has 0 radical (unpaired) electrons. The zero-order valence-corrected chi connectivity index (χ0v) is 18.5. The van der Waals surface area contributed by atoms with E-state index in [9.17, 15) is 8.42 Å². The maximum Gasteiger partial charge on any atom is 0.238 e. The van der Waals surface area contributed by atoms with Gasteiger partial charge in [0.1, 0.15) is 0 Å². The SMILES string of the molecule is CN=C(NCc1cccc(S(N)(=O)=O)c1)NCC1(CCOC)CCC1.I. The lowest BCUT2D eigenvalue weighted by Crippen LogP contribution is -2.46. The van der Waals surface area contributed by atoms with E-state index in [0.717, 1.165) is 25.1 Å². The van der Waals surface area contributed by atoms with Crippen LogP contribution in [0.25, 0.3) is 0 Å². The molecule has 1 aromatic carbocycles. The number of methoxy groups -OCH3 is 1. The smallest absolute Gasteiger partial charge is 0.238 e. The number of nitrogens with zero attached hydrogens (tertiary/aromatic N) is 1. The first-order chi connectivity index (χ1) is 11.9. The molecule has 0 saturated heterocycles. The molecule has 0 aromatic heterocycles. The minimum atomic E-state index is -3.69. The van der Waals surface area contributed by atoms with E-state index in [1.807, 2.05) is 6.07 Å². The summed E-state index contributed by atoms with van der Waals surface area (Å²) < 4.78 is 28.1. The Morgan fingerprint density at radius 2 is 2.08 bits per heavy atom. The van der Waals surface area contributed by atoms with E-state index >= 15 is 0 Å². The van der Waals surface area contributed by atoms with Crippen molar-refractivity contribution in [3.63, 3.8) is 0 Å². The first-order valence-electron chi connectivity index (χ1n) is 8.44. The number of hydrogen-bond acceptors (Lipinski definition) is 4. The van der Waals surface area contributed by atoms with Crippen LogP contribution in [-0.2, 0) is 21.3 Å². The van der Waals surface area contributed by atoms with Gasteiger partial charge in [0.05, 0.1) is 4.90 Å². The van der Waals surface area contributed by atoms with Crippen LogP contribution in [0.3, 0.4) is 0 Å². The van der Waals surface area contributed by atoms with Crippen LogP contribution in [0, 0.1) is 5.41 Å². The summed E-state index contributed by atoms with van der Waals surface area (Å²) in [7, 11) is -0.236. The Kier molecular flexibility index (Phi) is 9.28. The Hall–Kier alpha value is -0.910. The number of benzene rings is 1. The minimum Gasteiger partial charge on any atom is -0.385 e. The van der Waals surface area contributed by atoms with E-state index in [2.05, 4.69) is 15.6 Å². The van der Waals surface area contributed by atoms with E-state index in [0.29, 0.717) is 17.9 Å². The number of sulfonamides is 1. The molecule has 0 atom stereocenters. The van der Waals surface area contributed by atoms with E-state index in [-0.39, 0.29) is 28.9 Å². The molecule has 0 spiro atoms. The Morgan fingerprint density at radius 3 is 2.62 bits per heavy atom. The molecule has 0 aliphatic heterocycles. The molecule has 4 N–H and O–H groups in total. The maximum absolute atomic E-state index is 11.4. The second-order valence-electron chi connectivity index (χ2n) is 6.57. The Morgan fingerprint density at radius 1 is 1.35 bits per heavy atom. The van der Waals surface area contributed by atoms with Crippen molar-refractivity contribution < 1.29 is 13.2 Å². The van der Waals surface area contributed by atoms with E-state index in [4.69, 9.17) is 9.88 Å². The van der Waals surface area contributed by atoms with Crippen LogP contribution < -0.4 is 15.8 Å². The highest BCUT2D eigenvalue weighted by molar-refractivity contribution is 14.0. The molecule has 9 heteroatoms. The van der Waals surface area contributed by atoms with Gasteiger partial charge in [-0.1, -0.05) is 18.6 Å². The van der Waals surface area contributed by atoms with Gasteiger partial charge in [-0.05, 0) is 42.4 Å². The predicted octanol–water partition coefficient (Wildman–Crippen LogP) is 1.82. The van der Waals surface area contributed by atoms with Crippen molar-refractivity contribution in [1.82, 2.24) is 10.6 Å². The van der Waals surface area contributed by atoms with E-state index in [1.54, 1.807) is 26.3 Å². The van der Waals surface area contributed by atoms with Crippen molar-refractivity contribution in [1.29, 1.82) is 0 Å². The Bertz CT molecular complexity index is 706. The van der Waals surface area contributed by atoms with Crippen LogP contribution >= 0.6 is 24.0 Å². The van der Waals surface area contributed by atoms with Crippen molar-refractivity contribution in [3.05, 3.63) is 29.8 Å². The topological polar surface area (TPSA) is 106 Å². The van der Waals surface area contributed by atoms with Gasteiger partial charge in [0.2, 0.25) is 10.0 Å². The number of hydrogen-bond donors (Lipinski definition) is 3. The molecule has 0 unspecified atom stereocenters. The van der Waals surface area contributed by atoms with Gasteiger partial charge in [-0.3, -0.25) is 4.99 Å². The molecule has 0 amide bonds. The van der Waals surface area contributed by atoms with Crippen molar-refractivity contribution in [3.8, 4) is 0 Å². The molecule has 26 heavy (non-hydrogen) atoms. The molecule has 1 fully saturated rings. The number of rotatable bonds is 8. The summed E-state index contributed by atoms with van der Waals surface area (Å²) in [5, 5.41) is 11.8. The second-order valence-corrected chi connectivity index (χ2v) is 8.13. The van der Waals surface area contributed by atoms with Crippen LogP contribution in [0.5, 0.6) is 0 Å². The lowest BCUT2D eigenvalue weighted by atomic mass is 9.67. The lowest BCUT2D eigenvalue weighted by Gasteiger charge is -2.42. The average molecular weight is 496 g/mol. The molecule has 1 aliphatic carbocycles. The fourth-order valence-corrected chi connectivity index (χ4v) is 3.60. The zero-order chi connectivity index (χ0) is 18.3. The molecule has 2 rings (SSSR count). The Balaban J connectivity index is 0.00000338. The van der Waals surface area contributed by atoms with Gasteiger partial charge < -0.3 is 15.4 Å². The van der Waals surface area contributed by atoms with Crippen LogP contribution in [0.1, 0.15) is 31.2 Å². The molecule has 1 saturated carbocycles. The highest BCUT2D eigenvalue weighted by atomic mass is 127. The summed E-state index contributed by atoms with van der Waals surface area (Å²) >= 11 is 0. The summed E-state index contributed by atoms with van der Waals surface area (Å²) in [6, 6.07) is 6.59. The fourth-order valence-electron chi connectivity index (χ4n) is 3.02. The van der Waals surface area contributed by atoms with Gasteiger partial charge in [0, 0.05) is 33.9 Å². The monoisotopic (exact) mass is 496 g/mol. The third-order valence-electron chi connectivity index (χ3n) is 4.79. The van der Waals surface area contributed by atoms with Gasteiger partial charge in [-0.15, -0.1) is 24.0 Å². The van der Waals surface area contributed by atoms with Gasteiger partial charge in [0.15, 0.2) is 5.96 Å². The number of aliphatic imine (C=N–C) groups is 1. The number of nitrogens with two attached hydrogens (primary N) is 1. The number of halogens is 1. The third-order valence-corrected chi connectivity index (χ3v) is 5.70. The normalized spacial score (nSPS) is 16.3. The summed E-state index contributed by atoms with van der Waals surface area (Å²) in [6.07, 6.45) is 4.72. The molecule has 7 nitrogen and oxygen atoms in total.